The third-order valence-corrected chi connectivity index (χ3v) is 3.34. The van der Waals surface area contributed by atoms with Crippen LogP contribution in [0.5, 0.6) is 0 Å². The highest BCUT2D eigenvalue weighted by Gasteiger charge is 2.20. The van der Waals surface area contributed by atoms with E-state index in [1.54, 1.807) is 0 Å². The zero-order valence-electron chi connectivity index (χ0n) is 10.0. The normalized spacial score (nSPS) is 26.1. The van der Waals surface area contributed by atoms with E-state index in [4.69, 9.17) is 0 Å². The molecule has 1 heterocycles. The summed E-state index contributed by atoms with van der Waals surface area (Å²) >= 11 is 0. The molecule has 1 aromatic rings. The number of rotatable bonds is 3. The number of benzene rings is 1. The Morgan fingerprint density at radius 1 is 1.25 bits per heavy atom. The van der Waals surface area contributed by atoms with E-state index in [-0.39, 0.29) is 0 Å². The molecule has 86 valence electrons. The largest absolute Gasteiger partial charge is 0.307 e. The van der Waals surface area contributed by atoms with Crippen molar-refractivity contribution in [1.29, 1.82) is 0 Å². The molecule has 1 N–H and O–H groups in total. The minimum absolute atomic E-state index is 0.560. The molecular formula is C15H21N. The number of allylic oxidation sites excluding steroid dienone is 1. The van der Waals surface area contributed by atoms with Crippen LogP contribution in [0.2, 0.25) is 0 Å². The smallest absolute Gasteiger partial charge is 0.0322 e. The van der Waals surface area contributed by atoms with Crippen molar-refractivity contribution in [2.24, 2.45) is 0 Å². The second kappa shape index (κ2) is 5.86. The lowest BCUT2D eigenvalue weighted by Gasteiger charge is -2.30. The molecule has 2 atom stereocenters. The first-order chi connectivity index (χ1) is 7.90. The van der Waals surface area contributed by atoms with Crippen LogP contribution in [0.25, 0.3) is 0 Å². The van der Waals surface area contributed by atoms with Crippen LogP contribution >= 0.6 is 0 Å². The van der Waals surface area contributed by atoms with Crippen molar-refractivity contribution in [3.8, 4) is 0 Å². The van der Waals surface area contributed by atoms with Crippen LogP contribution in [0.1, 0.15) is 44.2 Å². The molecule has 2 rings (SSSR count). The zero-order chi connectivity index (χ0) is 11.2. The molecule has 0 amide bonds. The summed E-state index contributed by atoms with van der Waals surface area (Å²) in [6, 6.07) is 12.0. The molecule has 16 heavy (non-hydrogen) atoms. The van der Waals surface area contributed by atoms with Crippen LogP contribution in [-0.4, -0.2) is 6.04 Å². The quantitative estimate of drug-likeness (QED) is 0.755. The van der Waals surface area contributed by atoms with Gasteiger partial charge in [-0.05, 0) is 31.7 Å². The number of hydrogen-bond acceptors (Lipinski definition) is 1. The molecule has 1 aliphatic rings. The second-order valence-electron chi connectivity index (χ2n) is 4.56. The molecule has 0 saturated carbocycles. The predicted octanol–water partition coefficient (Wildman–Crippen LogP) is 3.84. The van der Waals surface area contributed by atoms with Crippen molar-refractivity contribution in [3.05, 3.63) is 48.0 Å². The summed E-state index contributed by atoms with van der Waals surface area (Å²) in [7, 11) is 0. The Labute approximate surface area is 98.6 Å². The molecule has 1 unspecified atom stereocenters. The summed E-state index contributed by atoms with van der Waals surface area (Å²) in [5.41, 5.74) is 1.44. The molecule has 0 radical (unpaired) electrons. The Morgan fingerprint density at radius 2 is 2.06 bits per heavy atom. The summed E-state index contributed by atoms with van der Waals surface area (Å²) in [6.07, 6.45) is 9.51. The molecule has 1 heteroatoms. The lowest BCUT2D eigenvalue weighted by molar-refractivity contribution is 0.326. The molecule has 1 nitrogen and oxygen atoms in total. The van der Waals surface area contributed by atoms with Gasteiger partial charge in [0.25, 0.3) is 0 Å². The van der Waals surface area contributed by atoms with Crippen LogP contribution < -0.4 is 5.32 Å². The SMILES string of the molecule is C/C=C/CC1CCC[C@H](c2ccccc2)N1. The molecule has 1 aliphatic heterocycles. The molecule has 1 saturated heterocycles. The van der Waals surface area contributed by atoms with Gasteiger partial charge in [-0.1, -0.05) is 48.9 Å². The molecule has 0 spiro atoms. The Hall–Kier alpha value is -1.08. The second-order valence-corrected chi connectivity index (χ2v) is 4.56. The maximum Gasteiger partial charge on any atom is 0.0322 e. The van der Waals surface area contributed by atoms with Gasteiger partial charge in [0.2, 0.25) is 0 Å². The van der Waals surface area contributed by atoms with Crippen LogP contribution in [0.15, 0.2) is 42.5 Å². The van der Waals surface area contributed by atoms with Crippen LogP contribution in [0, 0.1) is 0 Å². The van der Waals surface area contributed by atoms with Gasteiger partial charge in [0, 0.05) is 12.1 Å². The number of hydrogen-bond donors (Lipinski definition) is 1. The zero-order valence-corrected chi connectivity index (χ0v) is 10.0. The highest BCUT2D eigenvalue weighted by Crippen LogP contribution is 2.26. The van der Waals surface area contributed by atoms with Crippen molar-refractivity contribution < 1.29 is 0 Å². The monoisotopic (exact) mass is 215 g/mol. The average molecular weight is 215 g/mol. The summed E-state index contributed by atoms with van der Waals surface area (Å²) in [4.78, 5) is 0. The minimum atomic E-state index is 0.560. The summed E-state index contributed by atoms with van der Waals surface area (Å²) in [5, 5.41) is 3.75. The molecule has 1 fully saturated rings. The van der Waals surface area contributed by atoms with Crippen LogP contribution in [0.4, 0.5) is 0 Å². The van der Waals surface area contributed by atoms with Crippen molar-refractivity contribution in [2.75, 3.05) is 0 Å². The number of piperidine rings is 1. The predicted molar refractivity (Wildman–Crippen MR) is 69.4 cm³/mol. The Balaban J connectivity index is 1.96. The van der Waals surface area contributed by atoms with E-state index in [9.17, 15) is 0 Å². The molecule has 1 aromatic carbocycles. The van der Waals surface area contributed by atoms with Crippen LogP contribution in [-0.2, 0) is 0 Å². The van der Waals surface area contributed by atoms with Gasteiger partial charge >= 0.3 is 0 Å². The van der Waals surface area contributed by atoms with E-state index in [0.29, 0.717) is 12.1 Å². The van der Waals surface area contributed by atoms with Crippen LogP contribution in [0.3, 0.4) is 0 Å². The highest BCUT2D eigenvalue weighted by molar-refractivity contribution is 5.19. The van der Waals surface area contributed by atoms with Gasteiger partial charge in [-0.3, -0.25) is 0 Å². The maximum absolute atomic E-state index is 3.75. The lowest BCUT2D eigenvalue weighted by atomic mass is 9.92. The van der Waals surface area contributed by atoms with Crippen molar-refractivity contribution in [1.82, 2.24) is 5.32 Å². The molecule has 0 aromatic heterocycles. The molecule has 0 aliphatic carbocycles. The summed E-state index contributed by atoms with van der Waals surface area (Å²) in [6.45, 7) is 2.09. The topological polar surface area (TPSA) is 12.0 Å². The third kappa shape index (κ3) is 2.96. The van der Waals surface area contributed by atoms with E-state index >= 15 is 0 Å². The summed E-state index contributed by atoms with van der Waals surface area (Å²) < 4.78 is 0. The van der Waals surface area contributed by atoms with E-state index in [1.165, 1.54) is 31.2 Å². The van der Waals surface area contributed by atoms with E-state index < -0.39 is 0 Å². The Bertz CT molecular complexity index is 329. The first kappa shape index (κ1) is 11.4. The lowest BCUT2D eigenvalue weighted by Crippen LogP contribution is -2.36. The molecule has 0 bridgehead atoms. The van der Waals surface area contributed by atoms with E-state index in [0.717, 1.165) is 0 Å². The first-order valence-electron chi connectivity index (χ1n) is 6.32. The van der Waals surface area contributed by atoms with Gasteiger partial charge in [0.15, 0.2) is 0 Å². The fraction of sp³-hybridized carbons (Fsp3) is 0.467. The fourth-order valence-corrected chi connectivity index (χ4v) is 2.45. The van der Waals surface area contributed by atoms with Gasteiger partial charge < -0.3 is 5.32 Å². The fourth-order valence-electron chi connectivity index (χ4n) is 2.45. The van der Waals surface area contributed by atoms with Crippen molar-refractivity contribution in [2.45, 2.75) is 44.7 Å². The van der Waals surface area contributed by atoms with Crippen molar-refractivity contribution in [3.63, 3.8) is 0 Å². The summed E-state index contributed by atoms with van der Waals surface area (Å²) in [5.74, 6) is 0. The van der Waals surface area contributed by atoms with Gasteiger partial charge in [-0.15, -0.1) is 0 Å². The Kier molecular flexibility index (Phi) is 4.17. The number of nitrogens with one attached hydrogen (secondary N) is 1. The van der Waals surface area contributed by atoms with E-state index in [2.05, 4.69) is 54.7 Å². The van der Waals surface area contributed by atoms with Crippen molar-refractivity contribution >= 4 is 0 Å². The third-order valence-electron chi connectivity index (χ3n) is 3.34. The average Bonchev–Trinajstić information content (AvgIpc) is 2.38. The first-order valence-corrected chi connectivity index (χ1v) is 6.32. The van der Waals surface area contributed by atoms with Gasteiger partial charge in [-0.2, -0.15) is 0 Å². The minimum Gasteiger partial charge on any atom is -0.307 e. The molecular weight excluding hydrogens is 194 g/mol. The maximum atomic E-state index is 3.75. The van der Waals surface area contributed by atoms with E-state index in [1.807, 2.05) is 0 Å². The van der Waals surface area contributed by atoms with Gasteiger partial charge in [0.1, 0.15) is 0 Å². The standard InChI is InChI=1S/C15H21N/c1-2-3-10-14-11-7-12-15(16-14)13-8-5-4-6-9-13/h2-6,8-9,14-16H,7,10-12H2,1H3/b3-2+/t14?,15-/m1/s1. The van der Waals surface area contributed by atoms with Gasteiger partial charge in [-0.25, -0.2) is 0 Å². The Morgan fingerprint density at radius 3 is 2.81 bits per heavy atom. The van der Waals surface area contributed by atoms with Gasteiger partial charge in [0.05, 0.1) is 0 Å². The highest BCUT2D eigenvalue weighted by atomic mass is 15.0.